The lowest BCUT2D eigenvalue weighted by Gasteiger charge is -2.37. The van der Waals surface area contributed by atoms with Gasteiger partial charge in [-0.25, -0.2) is 0 Å². The summed E-state index contributed by atoms with van der Waals surface area (Å²) in [7, 11) is 3.28. The molecule has 1 N–H and O–H groups in total. The Kier molecular flexibility index (Phi) is 4.99. The Morgan fingerprint density at radius 2 is 1.42 bits per heavy atom. The molecule has 0 saturated carbocycles. The van der Waals surface area contributed by atoms with E-state index in [2.05, 4.69) is 29.6 Å². The molecule has 3 aromatic carbocycles. The second-order valence-electron chi connectivity index (χ2n) is 8.09. The van der Waals surface area contributed by atoms with Gasteiger partial charge in [-0.05, 0) is 35.1 Å². The number of hydrogen-bond acceptors (Lipinski definition) is 4. The lowest BCUT2D eigenvalue weighted by molar-refractivity contribution is -0.116. The second kappa shape index (κ2) is 7.95. The summed E-state index contributed by atoms with van der Waals surface area (Å²) in [5, 5.41) is 3.58. The van der Waals surface area contributed by atoms with Crippen molar-refractivity contribution in [1.82, 2.24) is 0 Å². The molecule has 4 nitrogen and oxygen atoms in total. The van der Waals surface area contributed by atoms with Crippen molar-refractivity contribution in [2.75, 3.05) is 19.5 Å². The molecule has 0 fully saturated rings. The van der Waals surface area contributed by atoms with Crippen molar-refractivity contribution in [2.45, 2.75) is 24.7 Å². The Hall–Kier alpha value is -3.53. The molecule has 0 saturated heterocycles. The Morgan fingerprint density at radius 3 is 2.06 bits per heavy atom. The molecule has 1 aliphatic carbocycles. The van der Waals surface area contributed by atoms with Crippen LogP contribution in [0.1, 0.15) is 41.4 Å². The number of ketones is 1. The van der Waals surface area contributed by atoms with Gasteiger partial charge in [-0.2, -0.15) is 0 Å². The minimum atomic E-state index is -0.128. The van der Waals surface area contributed by atoms with E-state index in [1.54, 1.807) is 14.2 Å². The zero-order chi connectivity index (χ0) is 21.4. The topological polar surface area (TPSA) is 47.6 Å². The number of methoxy groups -OCH3 is 2. The van der Waals surface area contributed by atoms with Crippen LogP contribution in [0.5, 0.6) is 11.5 Å². The molecule has 0 aromatic heterocycles. The molecule has 2 unspecified atom stereocenters. The molecule has 4 heteroatoms. The predicted octanol–water partition coefficient (Wildman–Crippen LogP) is 5.66. The third-order valence-electron chi connectivity index (χ3n) is 6.35. The van der Waals surface area contributed by atoms with Crippen molar-refractivity contribution < 1.29 is 14.3 Å². The van der Waals surface area contributed by atoms with Gasteiger partial charge in [0.2, 0.25) is 0 Å². The number of benzene rings is 3. The van der Waals surface area contributed by atoms with Gasteiger partial charge in [0.1, 0.15) is 0 Å². The van der Waals surface area contributed by atoms with Crippen molar-refractivity contribution >= 4 is 11.5 Å². The van der Waals surface area contributed by atoms with Gasteiger partial charge in [-0.15, -0.1) is 0 Å². The molecule has 31 heavy (non-hydrogen) atoms. The summed E-state index contributed by atoms with van der Waals surface area (Å²) in [5.41, 5.74) is 6.20. The molecule has 0 spiro atoms. The van der Waals surface area contributed by atoms with Crippen LogP contribution in [0.25, 0.3) is 0 Å². The lowest BCUT2D eigenvalue weighted by Crippen LogP contribution is -2.29. The summed E-state index contributed by atoms with van der Waals surface area (Å²) in [6.45, 7) is 0. The van der Waals surface area contributed by atoms with Gasteiger partial charge in [-0.3, -0.25) is 4.79 Å². The van der Waals surface area contributed by atoms with Gasteiger partial charge in [-0.1, -0.05) is 60.7 Å². The van der Waals surface area contributed by atoms with E-state index < -0.39 is 0 Å². The molecule has 5 rings (SSSR count). The van der Waals surface area contributed by atoms with Crippen molar-refractivity contribution in [1.29, 1.82) is 0 Å². The van der Waals surface area contributed by atoms with Crippen LogP contribution in [0.4, 0.5) is 5.69 Å². The van der Waals surface area contributed by atoms with Crippen molar-refractivity contribution in [2.24, 2.45) is 0 Å². The number of anilines is 1. The van der Waals surface area contributed by atoms with E-state index in [1.165, 1.54) is 5.56 Å². The molecule has 1 heterocycles. The number of fused-ring (bicyclic) bond motifs is 1. The summed E-state index contributed by atoms with van der Waals surface area (Å²) in [4.78, 5) is 13.5. The lowest BCUT2D eigenvalue weighted by atomic mass is 9.72. The molecule has 0 bridgehead atoms. The summed E-state index contributed by atoms with van der Waals surface area (Å²) in [5.74, 6) is 1.59. The molecular formula is C27H25NO3. The molecule has 0 amide bonds. The maximum Gasteiger partial charge on any atom is 0.162 e. The smallest absolute Gasteiger partial charge is 0.162 e. The average molecular weight is 412 g/mol. The highest BCUT2D eigenvalue weighted by molar-refractivity contribution is 6.02. The fourth-order valence-corrected chi connectivity index (χ4v) is 4.90. The molecule has 1 aliphatic heterocycles. The maximum absolute atomic E-state index is 13.5. The van der Waals surface area contributed by atoms with Gasteiger partial charge in [0.15, 0.2) is 17.3 Å². The number of Topliss-reactive ketones (excluding diaryl/α,β-unsaturated/α-hetero) is 1. The number of rotatable bonds is 4. The predicted molar refractivity (Wildman–Crippen MR) is 122 cm³/mol. The van der Waals surface area contributed by atoms with E-state index in [1.807, 2.05) is 48.5 Å². The van der Waals surface area contributed by atoms with Crippen LogP contribution in [-0.4, -0.2) is 20.0 Å². The number of carbonyl (C=O) groups excluding carboxylic acids is 1. The van der Waals surface area contributed by atoms with E-state index in [4.69, 9.17) is 9.47 Å². The highest BCUT2D eigenvalue weighted by atomic mass is 16.5. The molecule has 3 aromatic rings. The molecule has 0 radical (unpaired) electrons. The number of ether oxygens (including phenoxy) is 2. The summed E-state index contributed by atoms with van der Waals surface area (Å²) >= 11 is 0. The van der Waals surface area contributed by atoms with E-state index in [0.717, 1.165) is 34.5 Å². The quantitative estimate of drug-likeness (QED) is 0.602. The summed E-state index contributed by atoms with van der Waals surface area (Å²) in [6, 6.07) is 24.5. The van der Waals surface area contributed by atoms with Crippen LogP contribution in [0, 0.1) is 0 Å². The average Bonchev–Trinajstić information content (AvgIpc) is 2.82. The third kappa shape index (κ3) is 3.38. The van der Waals surface area contributed by atoms with E-state index in [-0.39, 0.29) is 17.6 Å². The largest absolute Gasteiger partial charge is 0.493 e. The summed E-state index contributed by atoms with van der Waals surface area (Å²) < 4.78 is 11.1. The Labute approximate surface area is 182 Å². The second-order valence-corrected chi connectivity index (χ2v) is 8.09. The van der Waals surface area contributed by atoms with Crippen molar-refractivity contribution in [3.05, 3.63) is 101 Å². The first kappa shape index (κ1) is 19.4. The number of carbonyl (C=O) groups is 1. The first-order chi connectivity index (χ1) is 15.2. The highest BCUT2D eigenvalue weighted by Gasteiger charge is 2.38. The van der Waals surface area contributed by atoms with Crippen LogP contribution < -0.4 is 14.8 Å². The van der Waals surface area contributed by atoms with Crippen LogP contribution >= 0.6 is 0 Å². The Balaban J connectivity index is 1.66. The fourth-order valence-electron chi connectivity index (χ4n) is 4.90. The molecular weight excluding hydrogens is 386 g/mol. The van der Waals surface area contributed by atoms with E-state index in [0.29, 0.717) is 17.9 Å². The third-order valence-corrected chi connectivity index (χ3v) is 6.35. The van der Waals surface area contributed by atoms with Gasteiger partial charge < -0.3 is 14.8 Å². The highest BCUT2D eigenvalue weighted by Crippen LogP contribution is 2.50. The zero-order valence-electron chi connectivity index (χ0n) is 17.7. The maximum atomic E-state index is 13.5. The van der Waals surface area contributed by atoms with Gasteiger partial charge >= 0.3 is 0 Å². The minimum Gasteiger partial charge on any atom is -0.493 e. The van der Waals surface area contributed by atoms with E-state index >= 15 is 0 Å². The minimum absolute atomic E-state index is 0.128. The van der Waals surface area contributed by atoms with Gasteiger partial charge in [0.05, 0.1) is 14.2 Å². The Morgan fingerprint density at radius 1 is 0.806 bits per heavy atom. The van der Waals surface area contributed by atoms with Crippen LogP contribution in [0.2, 0.25) is 0 Å². The van der Waals surface area contributed by atoms with Crippen LogP contribution in [0.3, 0.4) is 0 Å². The van der Waals surface area contributed by atoms with Crippen LogP contribution in [-0.2, 0) is 4.79 Å². The van der Waals surface area contributed by atoms with Crippen molar-refractivity contribution in [3.8, 4) is 11.5 Å². The zero-order valence-corrected chi connectivity index (χ0v) is 17.7. The Bertz CT molecular complexity index is 1150. The molecule has 2 aliphatic rings. The van der Waals surface area contributed by atoms with Crippen molar-refractivity contribution in [3.63, 3.8) is 0 Å². The number of hydrogen-bond donors (Lipinski definition) is 1. The number of nitrogens with one attached hydrogen (secondary N) is 1. The SMILES string of the molecule is COc1cc2c(cc1OC)C(c1ccccc1)C1=C(CC(c3ccccc3)CC1=O)N2. The normalized spacial score (nSPS) is 19.9. The number of allylic oxidation sites excluding steroid dienone is 2. The van der Waals surface area contributed by atoms with Crippen LogP contribution in [0.15, 0.2) is 84.1 Å². The monoisotopic (exact) mass is 411 g/mol. The first-order valence-corrected chi connectivity index (χ1v) is 10.6. The van der Waals surface area contributed by atoms with Gasteiger partial charge in [0.25, 0.3) is 0 Å². The molecule has 2 atom stereocenters. The fraction of sp³-hybridized carbons (Fsp3) is 0.222. The first-order valence-electron chi connectivity index (χ1n) is 10.6. The summed E-state index contributed by atoms with van der Waals surface area (Å²) in [6.07, 6.45) is 1.33. The standard InChI is InChI=1S/C27H25NO3/c1-30-24-15-20-21(16-25(24)31-2)28-22-13-19(17-9-5-3-6-10-17)14-23(29)27(22)26(20)18-11-7-4-8-12-18/h3-12,15-16,19,26,28H,13-14H2,1-2H3. The molecule has 156 valence electrons. The van der Waals surface area contributed by atoms with Gasteiger partial charge in [0, 0.05) is 35.4 Å². The van der Waals surface area contributed by atoms with E-state index in [9.17, 15) is 4.79 Å².